The standard InChI is InChI=1S/4FH.4Mn.12O.4H3P/h4*1H;;;;;;;;;;;;;;;;;4*1H3/q;;;;4*+1;;;;;;;;;4*-1;;;;. The zero-order chi connectivity index (χ0) is 18.0. The molecule has 0 aromatic heterocycles. The summed E-state index contributed by atoms with van der Waals surface area (Å²) in [7, 11) is 0. The molecular weight excluding hydrogens is 612 g/mol. The van der Waals surface area contributed by atoms with Crippen LogP contribution in [0.2, 0.25) is 0 Å². The summed E-state index contributed by atoms with van der Waals surface area (Å²) in [6, 6.07) is 0. The Labute approximate surface area is 154 Å². The van der Waals surface area contributed by atoms with Gasteiger partial charge in [0.25, 0.3) is 0 Å². The molecule has 0 heterocycles. The molecule has 24 heteroatoms. The van der Waals surface area contributed by atoms with Crippen LogP contribution in [0, 0.1) is 0 Å². The van der Waals surface area contributed by atoms with E-state index in [1.165, 1.54) is 0 Å². The molecule has 0 amide bonds. The minimum atomic E-state index is -5.88. The van der Waals surface area contributed by atoms with Crippen molar-refractivity contribution in [2.24, 2.45) is 0 Å². The molecule has 4 atom stereocenters. The van der Waals surface area contributed by atoms with E-state index >= 15 is 0 Å². The van der Waals surface area contributed by atoms with Crippen molar-refractivity contribution >= 4 is 39.6 Å². The fourth-order valence-electron chi connectivity index (χ4n) is 0. The second-order valence-electron chi connectivity index (χ2n) is 1.46. The van der Waals surface area contributed by atoms with E-state index in [-0.39, 0.29) is 39.6 Å². The topological polar surface area (TPSA) is 229 Å². The van der Waals surface area contributed by atoms with E-state index in [0.717, 1.165) is 0 Å². The van der Waals surface area contributed by atoms with Crippen LogP contribution in [0.3, 0.4) is 0 Å². The molecule has 0 aromatic carbocycles. The molecule has 0 bridgehead atoms. The van der Waals surface area contributed by atoms with Gasteiger partial charge in [-0.25, -0.2) is 0 Å². The van der Waals surface area contributed by atoms with Crippen LogP contribution in [0.4, 0.5) is 14.2 Å². The van der Waals surface area contributed by atoms with Crippen molar-refractivity contribution in [1.29, 1.82) is 0 Å². The van der Waals surface area contributed by atoms with Gasteiger partial charge in [0.2, 0.25) is 0 Å². The average Bonchev–Trinajstić information content (AvgIpc) is 1.62. The number of hydrogen-bond donors (Lipinski definition) is 0. The molecule has 0 spiro atoms. The van der Waals surface area contributed by atoms with Gasteiger partial charge in [-0.3, -0.25) is 0 Å². The van der Waals surface area contributed by atoms with E-state index in [1.54, 1.807) is 0 Å². The van der Waals surface area contributed by atoms with E-state index in [2.05, 4.69) is 0 Å². The molecule has 0 saturated heterocycles. The van der Waals surface area contributed by atoms with Gasteiger partial charge in [0, 0.05) is 0 Å². The SMILES string of the molecule is [O]=[Mn](=[O])([O-])[F].[O]=[Mn](=[O])([O-])[F].[O]=[Mn](=[O])([O-])[F].[O]=[Mn](=[O])([O-])[F].[PH4+].[PH4+].[PH4+].[PH4+]. The van der Waals surface area contributed by atoms with Crippen molar-refractivity contribution < 1.29 is 116 Å². The third kappa shape index (κ3) is 3980. The molecule has 24 heavy (non-hydrogen) atoms. The minimum Gasteiger partial charge on any atom is -0.0395 e. The van der Waals surface area contributed by atoms with Gasteiger partial charge < -0.3 is 0 Å². The maximum absolute atomic E-state index is 10.2. The first kappa shape index (κ1) is 50.1. The van der Waals surface area contributed by atoms with Crippen molar-refractivity contribution in [3.8, 4) is 0 Å². The third-order valence-corrected chi connectivity index (χ3v) is 0. The molecule has 4 unspecified atom stereocenters. The molecule has 0 aliphatic carbocycles. The Balaban J connectivity index is -0.0000000225. The fraction of sp³-hybridized carbons (Fsp3) is 0. The monoisotopic (exact) mass is 628 g/mol. The molecule has 0 fully saturated rings. The average molecular weight is 628 g/mol. The van der Waals surface area contributed by atoms with Gasteiger partial charge in [0.15, 0.2) is 0 Å². The van der Waals surface area contributed by atoms with Crippen molar-refractivity contribution in [3.05, 3.63) is 0 Å². The largest absolute Gasteiger partial charge is 0.0395 e. The molecule has 12 nitrogen and oxygen atoms in total. The smallest absolute Gasteiger partial charge is 0.0395 e. The van der Waals surface area contributed by atoms with E-state index in [9.17, 15) is 14.2 Å². The number of halogens is 4. The summed E-state index contributed by atoms with van der Waals surface area (Å²) in [4.78, 5) is 0. The van der Waals surface area contributed by atoms with Crippen LogP contribution in [0.5, 0.6) is 0 Å². The van der Waals surface area contributed by atoms with Crippen molar-refractivity contribution in [2.45, 2.75) is 0 Å². The molecule has 0 saturated carbocycles. The number of hydrogen-bond acceptors (Lipinski definition) is 12. The van der Waals surface area contributed by atoms with Crippen molar-refractivity contribution in [2.75, 3.05) is 0 Å². The van der Waals surface area contributed by atoms with Crippen LogP contribution in [-0.2, 0) is 84.6 Å². The summed E-state index contributed by atoms with van der Waals surface area (Å²) in [5, 5.41) is 0. The fourth-order valence-corrected chi connectivity index (χ4v) is 0. The zero-order valence-electron chi connectivity index (χ0n) is 11.9. The summed E-state index contributed by atoms with van der Waals surface area (Å²) in [5.74, 6) is 0. The molecule has 0 aromatic rings. The molecule has 0 aliphatic rings. The van der Waals surface area contributed by atoms with Gasteiger partial charge in [-0.15, -0.1) is 0 Å². The summed E-state index contributed by atoms with van der Waals surface area (Å²) in [6.07, 6.45) is 0. The maximum atomic E-state index is 10.2. The molecule has 0 N–H and O–H groups in total. The first-order chi connectivity index (χ1) is 8.00. The summed E-state index contributed by atoms with van der Waals surface area (Å²) in [6.45, 7) is 0. The van der Waals surface area contributed by atoms with Crippen LogP contribution in [-0.4, -0.2) is 0 Å². The van der Waals surface area contributed by atoms with E-state index in [4.69, 9.17) is 47.4 Å². The maximum Gasteiger partial charge on any atom is -0.0395 e. The van der Waals surface area contributed by atoms with Gasteiger partial charge >= 0.3 is 116 Å². The van der Waals surface area contributed by atoms with Crippen LogP contribution in [0.1, 0.15) is 0 Å². The minimum absolute atomic E-state index is 0. The van der Waals surface area contributed by atoms with Crippen molar-refractivity contribution in [3.63, 3.8) is 0 Å². The second-order valence-corrected chi connectivity index (χ2v) is 6.00. The van der Waals surface area contributed by atoms with E-state index < -0.39 is 54.0 Å². The Morgan fingerprint density at radius 2 is 0.375 bits per heavy atom. The van der Waals surface area contributed by atoms with Crippen molar-refractivity contribution in [1.82, 2.24) is 0 Å². The predicted octanol–water partition coefficient (Wildman–Crippen LogP) is -4.87. The van der Waals surface area contributed by atoms with Crippen LogP contribution in [0.25, 0.3) is 0 Å². The molecule has 0 aliphatic heterocycles. The summed E-state index contributed by atoms with van der Waals surface area (Å²) >= 11 is -23.5. The van der Waals surface area contributed by atoms with Gasteiger partial charge in [-0.2, -0.15) is 0 Å². The van der Waals surface area contributed by atoms with E-state index in [1.807, 2.05) is 0 Å². The Morgan fingerprint density at radius 1 is 0.375 bits per heavy atom. The van der Waals surface area contributed by atoms with Crippen LogP contribution in [0.15, 0.2) is 0 Å². The Bertz CT molecular complexity index is 496. The van der Waals surface area contributed by atoms with Gasteiger partial charge in [-0.1, -0.05) is 0 Å². The molecule has 0 radical (unpaired) electrons. The van der Waals surface area contributed by atoms with Gasteiger partial charge in [0.1, 0.15) is 0 Å². The van der Waals surface area contributed by atoms with Crippen LogP contribution < -0.4 is 16.8 Å². The zero-order valence-corrected chi connectivity index (χ0v) is 24.6. The normalized spacial score (nSPS) is 9.67. The first-order valence-electron chi connectivity index (χ1n) is 2.42. The Kier molecular flexibility index (Phi) is 43.9. The molecule has 164 valence electrons. The Morgan fingerprint density at radius 3 is 0.375 bits per heavy atom. The molecule has 0 rings (SSSR count). The third-order valence-electron chi connectivity index (χ3n) is 0. The van der Waals surface area contributed by atoms with Crippen LogP contribution >= 0.6 is 39.6 Å². The first-order valence-corrected chi connectivity index (χ1v) is 9.99. The van der Waals surface area contributed by atoms with Gasteiger partial charge in [-0.05, 0) is 39.6 Å². The quantitative estimate of drug-likeness (QED) is 0.140. The second kappa shape index (κ2) is 21.1. The number of rotatable bonds is 0. The predicted molar refractivity (Wildman–Crippen MR) is 59.9 cm³/mol. The summed E-state index contributed by atoms with van der Waals surface area (Å²) in [5.41, 5.74) is 0. The van der Waals surface area contributed by atoms with Gasteiger partial charge in [0.05, 0.1) is 0 Å². The van der Waals surface area contributed by atoms with E-state index in [0.29, 0.717) is 0 Å². The Hall–Kier alpha value is 1.76. The molecular formula is H16F4Mn4O12P4. The summed E-state index contributed by atoms with van der Waals surface area (Å²) < 4.78 is 142.